The topological polar surface area (TPSA) is 69.2 Å². The van der Waals surface area contributed by atoms with Gasteiger partial charge in [0.15, 0.2) is 0 Å². The van der Waals surface area contributed by atoms with Crippen molar-refractivity contribution in [2.75, 3.05) is 11.4 Å². The van der Waals surface area contributed by atoms with Crippen molar-refractivity contribution in [2.24, 2.45) is 0 Å². The van der Waals surface area contributed by atoms with Crippen molar-refractivity contribution in [3.8, 4) is 0 Å². The average Bonchev–Trinajstić information content (AvgIpc) is 3.09. The van der Waals surface area contributed by atoms with Gasteiger partial charge in [-0.2, -0.15) is 4.37 Å². The Balaban J connectivity index is 1.74. The maximum absolute atomic E-state index is 12.9. The number of aliphatic carboxylic acids is 1. The van der Waals surface area contributed by atoms with E-state index in [2.05, 4.69) is 9.36 Å². The molecule has 3 rings (SSSR count). The predicted molar refractivity (Wildman–Crippen MR) is 74.5 cm³/mol. The van der Waals surface area contributed by atoms with E-state index in [0.29, 0.717) is 30.3 Å². The minimum atomic E-state index is -1.07. The molecular weight excluding hydrogens is 293 g/mol. The first-order valence-electron chi connectivity index (χ1n) is 6.68. The van der Waals surface area contributed by atoms with Crippen LogP contribution in [-0.4, -0.2) is 27.9 Å². The van der Waals surface area contributed by atoms with Gasteiger partial charge in [0.2, 0.25) is 5.13 Å². The van der Waals surface area contributed by atoms with E-state index in [1.807, 2.05) is 0 Å². The fourth-order valence-corrected chi connectivity index (χ4v) is 3.22. The van der Waals surface area contributed by atoms with Gasteiger partial charge in [0.1, 0.15) is 11.6 Å². The van der Waals surface area contributed by atoms with Crippen LogP contribution in [0.25, 0.3) is 0 Å². The molecule has 0 radical (unpaired) electrons. The molecule has 0 N–H and O–H groups in total. The molecule has 110 valence electrons. The standard InChI is InChI=1S/C14H14FN3O2S/c15-10-5-3-9(4-6-10)8-12-16-14(21-17-12)18-7-1-2-11(18)13(19)20/h3-6,11H,1-2,7-8H2,(H,19,20)/p-1/t11-/m1/s1. The van der Waals surface area contributed by atoms with Gasteiger partial charge >= 0.3 is 0 Å². The van der Waals surface area contributed by atoms with Crippen LogP contribution < -0.4 is 10.0 Å². The Morgan fingerprint density at radius 3 is 2.90 bits per heavy atom. The van der Waals surface area contributed by atoms with Gasteiger partial charge in [-0.3, -0.25) is 0 Å². The average molecular weight is 306 g/mol. The summed E-state index contributed by atoms with van der Waals surface area (Å²) in [7, 11) is 0. The van der Waals surface area contributed by atoms with E-state index in [1.54, 1.807) is 17.0 Å². The Morgan fingerprint density at radius 2 is 2.19 bits per heavy atom. The van der Waals surface area contributed by atoms with Crippen molar-refractivity contribution in [3.63, 3.8) is 0 Å². The third-order valence-electron chi connectivity index (χ3n) is 3.50. The lowest BCUT2D eigenvalue weighted by Crippen LogP contribution is -2.44. The summed E-state index contributed by atoms with van der Waals surface area (Å²) in [5.74, 6) is -0.729. The number of carbonyl (C=O) groups is 1. The Labute approximate surface area is 125 Å². The van der Waals surface area contributed by atoms with Crippen molar-refractivity contribution < 1.29 is 14.3 Å². The van der Waals surface area contributed by atoms with Gasteiger partial charge in [-0.1, -0.05) is 12.1 Å². The Morgan fingerprint density at radius 1 is 1.43 bits per heavy atom. The molecule has 21 heavy (non-hydrogen) atoms. The van der Waals surface area contributed by atoms with E-state index in [0.717, 1.165) is 12.0 Å². The van der Waals surface area contributed by atoms with Crippen LogP contribution in [0, 0.1) is 5.82 Å². The zero-order valence-electron chi connectivity index (χ0n) is 11.2. The number of hydrogen-bond acceptors (Lipinski definition) is 6. The molecule has 1 atom stereocenters. The van der Waals surface area contributed by atoms with E-state index in [-0.39, 0.29) is 5.82 Å². The number of halogens is 1. The summed E-state index contributed by atoms with van der Waals surface area (Å²) in [6.07, 6.45) is 1.89. The quantitative estimate of drug-likeness (QED) is 0.842. The normalized spacial score (nSPS) is 18.1. The molecule has 7 heteroatoms. The van der Waals surface area contributed by atoms with E-state index >= 15 is 0 Å². The summed E-state index contributed by atoms with van der Waals surface area (Å²) in [5, 5.41) is 11.7. The number of hydrogen-bond donors (Lipinski definition) is 0. The van der Waals surface area contributed by atoms with Crippen LogP contribution >= 0.6 is 11.5 Å². The molecule has 1 saturated heterocycles. The van der Waals surface area contributed by atoms with Crippen molar-refractivity contribution in [1.29, 1.82) is 0 Å². The molecule has 0 bridgehead atoms. The first-order valence-corrected chi connectivity index (χ1v) is 7.45. The van der Waals surface area contributed by atoms with Gasteiger partial charge < -0.3 is 14.8 Å². The zero-order valence-corrected chi connectivity index (χ0v) is 12.0. The van der Waals surface area contributed by atoms with Gasteiger partial charge in [0.25, 0.3) is 0 Å². The highest BCUT2D eigenvalue weighted by Crippen LogP contribution is 2.27. The van der Waals surface area contributed by atoms with Gasteiger partial charge in [-0.25, -0.2) is 9.37 Å². The summed E-state index contributed by atoms with van der Waals surface area (Å²) in [5.41, 5.74) is 0.915. The van der Waals surface area contributed by atoms with E-state index in [9.17, 15) is 14.3 Å². The van der Waals surface area contributed by atoms with Crippen molar-refractivity contribution in [2.45, 2.75) is 25.3 Å². The van der Waals surface area contributed by atoms with Crippen LogP contribution in [0.3, 0.4) is 0 Å². The molecule has 0 amide bonds. The number of carboxylic acid groups (broad SMARTS) is 1. The molecule has 0 unspecified atom stereocenters. The lowest BCUT2D eigenvalue weighted by atomic mass is 10.1. The largest absolute Gasteiger partial charge is 0.548 e. The van der Waals surface area contributed by atoms with Gasteiger partial charge in [0.05, 0.1) is 12.0 Å². The Hall–Kier alpha value is -2.02. The molecule has 0 aliphatic carbocycles. The number of carbonyl (C=O) groups excluding carboxylic acids is 1. The molecule has 1 aliphatic rings. The third-order valence-corrected chi connectivity index (χ3v) is 4.29. The van der Waals surface area contributed by atoms with Crippen LogP contribution in [0.15, 0.2) is 24.3 Å². The monoisotopic (exact) mass is 306 g/mol. The smallest absolute Gasteiger partial charge is 0.205 e. The summed E-state index contributed by atoms with van der Waals surface area (Å²) in [6.45, 7) is 0.657. The van der Waals surface area contributed by atoms with Crippen LogP contribution in [0.1, 0.15) is 24.2 Å². The highest BCUT2D eigenvalue weighted by Gasteiger charge is 2.28. The molecule has 2 heterocycles. The Kier molecular flexibility index (Phi) is 3.83. The van der Waals surface area contributed by atoms with E-state index in [1.165, 1.54) is 23.7 Å². The second-order valence-corrected chi connectivity index (χ2v) is 5.70. The molecule has 0 saturated carbocycles. The van der Waals surface area contributed by atoms with Crippen molar-refractivity contribution in [3.05, 3.63) is 41.5 Å². The number of aromatic nitrogens is 2. The molecule has 1 aliphatic heterocycles. The summed E-state index contributed by atoms with van der Waals surface area (Å²) in [6, 6.07) is 5.56. The van der Waals surface area contributed by atoms with Crippen LogP contribution in [-0.2, 0) is 11.2 Å². The first-order chi connectivity index (χ1) is 10.1. The number of anilines is 1. The molecular formula is C14H13FN3O2S-. The number of nitrogens with zero attached hydrogens (tertiary/aromatic N) is 3. The van der Waals surface area contributed by atoms with Crippen molar-refractivity contribution in [1.82, 2.24) is 9.36 Å². The highest BCUT2D eigenvalue weighted by atomic mass is 32.1. The zero-order chi connectivity index (χ0) is 14.8. The fraction of sp³-hybridized carbons (Fsp3) is 0.357. The third kappa shape index (κ3) is 3.02. The van der Waals surface area contributed by atoms with E-state index in [4.69, 9.17) is 0 Å². The molecule has 1 aromatic heterocycles. The maximum Gasteiger partial charge on any atom is 0.205 e. The van der Waals surface area contributed by atoms with Crippen LogP contribution in [0.4, 0.5) is 9.52 Å². The number of rotatable bonds is 4. The number of benzene rings is 1. The number of carboxylic acids is 1. The lowest BCUT2D eigenvalue weighted by Gasteiger charge is -2.23. The molecule has 5 nitrogen and oxygen atoms in total. The summed E-state index contributed by atoms with van der Waals surface area (Å²) >= 11 is 1.19. The second-order valence-electron chi connectivity index (χ2n) is 4.97. The van der Waals surface area contributed by atoms with Gasteiger partial charge in [-0.05, 0) is 30.5 Å². The lowest BCUT2D eigenvalue weighted by molar-refractivity contribution is -0.307. The maximum atomic E-state index is 12.9. The summed E-state index contributed by atoms with van der Waals surface area (Å²) < 4.78 is 17.1. The SMILES string of the molecule is O=C([O-])[C@H]1CCCN1c1nc(Cc2ccc(F)cc2)ns1. The van der Waals surface area contributed by atoms with Gasteiger partial charge in [0, 0.05) is 24.5 Å². The Bertz CT molecular complexity index is 644. The highest BCUT2D eigenvalue weighted by molar-refractivity contribution is 7.09. The molecule has 2 aromatic rings. The molecule has 0 spiro atoms. The first kappa shape index (κ1) is 13.9. The minimum absolute atomic E-state index is 0.278. The molecule has 1 fully saturated rings. The van der Waals surface area contributed by atoms with Crippen LogP contribution in [0.2, 0.25) is 0 Å². The second kappa shape index (κ2) is 5.77. The fourth-order valence-electron chi connectivity index (χ4n) is 2.46. The van der Waals surface area contributed by atoms with Crippen LogP contribution in [0.5, 0.6) is 0 Å². The summed E-state index contributed by atoms with van der Waals surface area (Å²) in [4.78, 5) is 17.2. The van der Waals surface area contributed by atoms with Gasteiger partial charge in [-0.15, -0.1) is 0 Å². The van der Waals surface area contributed by atoms with Crippen molar-refractivity contribution >= 4 is 22.6 Å². The molecule has 1 aromatic carbocycles. The predicted octanol–water partition coefficient (Wildman–Crippen LogP) is 0.987. The minimum Gasteiger partial charge on any atom is -0.548 e. The van der Waals surface area contributed by atoms with E-state index < -0.39 is 12.0 Å².